The van der Waals surface area contributed by atoms with Crippen molar-refractivity contribution in [2.75, 3.05) is 32.6 Å². The van der Waals surface area contributed by atoms with E-state index in [1.807, 2.05) is 74.4 Å². The van der Waals surface area contributed by atoms with Gasteiger partial charge in [-0.2, -0.15) is 0 Å². The van der Waals surface area contributed by atoms with Crippen LogP contribution in [0.3, 0.4) is 0 Å². The number of fused-ring (bicyclic) bond motifs is 2. The van der Waals surface area contributed by atoms with Gasteiger partial charge in [0.25, 0.3) is 0 Å². The van der Waals surface area contributed by atoms with E-state index in [-0.39, 0.29) is 5.97 Å². The van der Waals surface area contributed by atoms with Crippen LogP contribution in [-0.2, 0) is 4.74 Å². The number of ether oxygens (including phenoxy) is 1. The maximum Gasteiger partial charge on any atom is 0.338 e. The summed E-state index contributed by atoms with van der Waals surface area (Å²) in [6.45, 7) is 2.70. The van der Waals surface area contributed by atoms with E-state index in [1.165, 1.54) is 7.11 Å². The summed E-state index contributed by atoms with van der Waals surface area (Å²) in [6.07, 6.45) is 0. The quantitative estimate of drug-likeness (QED) is 0.358. The van der Waals surface area contributed by atoms with Crippen molar-refractivity contribution < 1.29 is 13.9 Å². The molecule has 0 saturated carbocycles. The summed E-state index contributed by atoms with van der Waals surface area (Å²) in [5.41, 5.74) is 4.98. The molecule has 2 aromatic carbocycles. The molecule has 0 spiro atoms. The topological polar surface area (TPSA) is 55.0 Å². The van der Waals surface area contributed by atoms with Gasteiger partial charge in [-0.1, -0.05) is 18.2 Å². The lowest BCUT2D eigenvalue weighted by atomic mass is 9.90. The van der Waals surface area contributed by atoms with E-state index in [1.54, 1.807) is 6.07 Å². The van der Waals surface area contributed by atoms with Crippen LogP contribution in [0.1, 0.15) is 17.3 Å². The SMILES string of the molecule is CC/N=c1\ccc2c(-c3ccccc3C(=O)OC)c3ccc(N(C)C)cc3oc-2c1. The van der Waals surface area contributed by atoms with Gasteiger partial charge in [0.15, 0.2) is 0 Å². The average Bonchev–Trinajstić information content (AvgIpc) is 2.76. The average molecular weight is 400 g/mol. The molecular weight excluding hydrogens is 376 g/mol. The molecule has 5 heteroatoms. The highest BCUT2D eigenvalue weighted by atomic mass is 16.5. The van der Waals surface area contributed by atoms with Gasteiger partial charge < -0.3 is 14.1 Å². The van der Waals surface area contributed by atoms with Crippen molar-refractivity contribution >= 4 is 22.6 Å². The van der Waals surface area contributed by atoms with E-state index < -0.39 is 0 Å². The zero-order valence-electron chi connectivity index (χ0n) is 17.6. The first-order valence-corrected chi connectivity index (χ1v) is 9.89. The normalized spacial score (nSPS) is 11.8. The number of nitrogens with zero attached hydrogens (tertiary/aromatic N) is 2. The molecule has 0 atom stereocenters. The second-order valence-corrected chi connectivity index (χ2v) is 7.24. The van der Waals surface area contributed by atoms with Crippen LogP contribution in [0.5, 0.6) is 0 Å². The number of methoxy groups -OCH3 is 1. The smallest absolute Gasteiger partial charge is 0.338 e. The Bertz CT molecular complexity index is 1270. The van der Waals surface area contributed by atoms with Crippen molar-refractivity contribution in [3.05, 3.63) is 71.6 Å². The number of anilines is 1. The lowest BCUT2D eigenvalue weighted by molar-refractivity contribution is 0.0601. The first kappa shape index (κ1) is 19.7. The van der Waals surface area contributed by atoms with Gasteiger partial charge in [0, 0.05) is 55.0 Å². The summed E-state index contributed by atoms with van der Waals surface area (Å²) in [4.78, 5) is 19.0. The van der Waals surface area contributed by atoms with Crippen LogP contribution in [0.25, 0.3) is 33.4 Å². The molecule has 4 rings (SSSR count). The molecule has 5 nitrogen and oxygen atoms in total. The van der Waals surface area contributed by atoms with Crippen molar-refractivity contribution in [3.8, 4) is 22.5 Å². The number of hydrogen-bond donors (Lipinski definition) is 0. The summed E-state index contributed by atoms with van der Waals surface area (Å²) in [7, 11) is 5.39. The third-order valence-electron chi connectivity index (χ3n) is 5.15. The lowest BCUT2D eigenvalue weighted by Crippen LogP contribution is -2.09. The van der Waals surface area contributed by atoms with Gasteiger partial charge in [-0.25, -0.2) is 4.79 Å². The molecule has 1 aliphatic carbocycles. The Morgan fingerprint density at radius 1 is 1.03 bits per heavy atom. The summed E-state index contributed by atoms with van der Waals surface area (Å²) in [5.74, 6) is 0.359. The van der Waals surface area contributed by atoms with Crippen molar-refractivity contribution in [3.63, 3.8) is 0 Å². The zero-order chi connectivity index (χ0) is 21.3. The summed E-state index contributed by atoms with van der Waals surface area (Å²) < 4.78 is 11.4. The van der Waals surface area contributed by atoms with Crippen LogP contribution in [-0.4, -0.2) is 33.7 Å². The van der Waals surface area contributed by atoms with Gasteiger partial charge in [-0.3, -0.25) is 4.99 Å². The third kappa shape index (κ3) is 3.43. The Morgan fingerprint density at radius 3 is 2.57 bits per heavy atom. The Morgan fingerprint density at radius 2 is 1.83 bits per heavy atom. The molecule has 0 unspecified atom stereocenters. The predicted octanol–water partition coefficient (Wildman–Crippen LogP) is 4.98. The van der Waals surface area contributed by atoms with Gasteiger partial charge in [-0.15, -0.1) is 0 Å². The number of esters is 1. The molecule has 30 heavy (non-hydrogen) atoms. The Balaban J connectivity index is 2.14. The second-order valence-electron chi connectivity index (χ2n) is 7.24. The molecule has 1 heterocycles. The maximum absolute atomic E-state index is 12.5. The molecule has 0 fully saturated rings. The fourth-order valence-electron chi connectivity index (χ4n) is 3.71. The van der Waals surface area contributed by atoms with E-state index >= 15 is 0 Å². The van der Waals surface area contributed by atoms with Crippen LogP contribution >= 0.6 is 0 Å². The number of rotatable bonds is 4. The van der Waals surface area contributed by atoms with E-state index in [0.29, 0.717) is 12.1 Å². The minimum atomic E-state index is -0.366. The van der Waals surface area contributed by atoms with Crippen LogP contribution in [0.2, 0.25) is 0 Å². The highest BCUT2D eigenvalue weighted by Gasteiger charge is 2.21. The minimum Gasteiger partial charge on any atom is -0.465 e. The highest BCUT2D eigenvalue weighted by molar-refractivity contribution is 6.08. The van der Waals surface area contributed by atoms with Gasteiger partial charge in [0.2, 0.25) is 0 Å². The van der Waals surface area contributed by atoms with E-state index in [0.717, 1.165) is 44.5 Å². The molecule has 0 aromatic heterocycles. The molecule has 2 aromatic rings. The Labute approximate surface area is 175 Å². The van der Waals surface area contributed by atoms with Gasteiger partial charge in [0.1, 0.15) is 11.3 Å². The third-order valence-corrected chi connectivity index (χ3v) is 5.15. The van der Waals surface area contributed by atoms with Crippen molar-refractivity contribution in [1.82, 2.24) is 0 Å². The van der Waals surface area contributed by atoms with Crippen molar-refractivity contribution in [2.45, 2.75) is 6.92 Å². The lowest BCUT2D eigenvalue weighted by Gasteiger charge is -2.19. The Hall–Kier alpha value is -3.60. The van der Waals surface area contributed by atoms with Crippen molar-refractivity contribution in [2.24, 2.45) is 4.99 Å². The number of carbonyl (C=O) groups excluding carboxylic acids is 1. The Kier molecular flexibility index (Phi) is 5.27. The summed E-state index contributed by atoms with van der Waals surface area (Å²) in [6, 6.07) is 19.6. The molecule has 1 aliphatic heterocycles. The fourth-order valence-corrected chi connectivity index (χ4v) is 3.71. The van der Waals surface area contributed by atoms with Gasteiger partial charge in [-0.05, 0) is 42.8 Å². The van der Waals surface area contributed by atoms with Gasteiger partial charge in [0.05, 0.1) is 18.0 Å². The first-order chi connectivity index (χ1) is 14.5. The predicted molar refractivity (Wildman–Crippen MR) is 120 cm³/mol. The zero-order valence-corrected chi connectivity index (χ0v) is 17.6. The van der Waals surface area contributed by atoms with Crippen LogP contribution in [0, 0.1) is 0 Å². The molecular formula is C25H24N2O3. The number of carbonyl (C=O) groups is 1. The standard InChI is InChI=1S/C25H24N2O3/c1-5-26-16-10-12-20-22(14-16)30-23-15-17(27(2)3)11-13-21(23)24(20)18-8-6-7-9-19(18)25(28)29-4/h6-15H,5H2,1-4H3/b26-16+. The molecule has 152 valence electrons. The second kappa shape index (κ2) is 8.03. The minimum absolute atomic E-state index is 0.366. The van der Waals surface area contributed by atoms with Gasteiger partial charge >= 0.3 is 5.97 Å². The van der Waals surface area contributed by atoms with Crippen molar-refractivity contribution in [1.29, 1.82) is 0 Å². The van der Waals surface area contributed by atoms with Crippen LogP contribution in [0.15, 0.2) is 70.1 Å². The molecule has 2 aliphatic rings. The number of hydrogen-bond acceptors (Lipinski definition) is 5. The van der Waals surface area contributed by atoms with E-state index in [9.17, 15) is 4.79 Å². The fraction of sp³-hybridized carbons (Fsp3) is 0.200. The van der Waals surface area contributed by atoms with E-state index in [2.05, 4.69) is 11.1 Å². The highest BCUT2D eigenvalue weighted by Crippen LogP contribution is 2.41. The van der Waals surface area contributed by atoms with Crippen LogP contribution in [0.4, 0.5) is 5.69 Å². The summed E-state index contributed by atoms with van der Waals surface area (Å²) >= 11 is 0. The van der Waals surface area contributed by atoms with Crippen LogP contribution < -0.4 is 10.3 Å². The first-order valence-electron chi connectivity index (χ1n) is 9.89. The largest absolute Gasteiger partial charge is 0.465 e. The summed E-state index contributed by atoms with van der Waals surface area (Å²) in [5, 5.41) is 1.80. The molecule has 0 amide bonds. The molecule has 0 N–H and O–H groups in total. The monoisotopic (exact) mass is 400 g/mol. The molecule has 0 saturated heterocycles. The maximum atomic E-state index is 12.5. The number of benzene rings is 3. The molecule has 0 bridgehead atoms. The van der Waals surface area contributed by atoms with E-state index in [4.69, 9.17) is 9.15 Å². The molecule has 0 radical (unpaired) electrons.